The second kappa shape index (κ2) is 8.18. The number of aromatic nitrogens is 1. The molecule has 0 spiro atoms. The monoisotopic (exact) mass is 391 g/mol. The van der Waals surface area contributed by atoms with Crippen molar-refractivity contribution in [3.05, 3.63) is 45.4 Å². The second-order valence-electron chi connectivity index (χ2n) is 6.55. The minimum absolute atomic E-state index is 0.0289. The van der Waals surface area contributed by atoms with Crippen LogP contribution in [0.15, 0.2) is 24.3 Å². The molecule has 1 aliphatic carbocycles. The minimum Gasteiger partial charge on any atom is -0.353 e. The zero-order chi connectivity index (χ0) is 18.7. The molecule has 7 heteroatoms. The zero-order valence-corrected chi connectivity index (χ0v) is 16.4. The number of thiazole rings is 1. The summed E-state index contributed by atoms with van der Waals surface area (Å²) in [4.78, 5) is 30.6. The number of aryl methyl sites for hydroxylation is 1. The van der Waals surface area contributed by atoms with Gasteiger partial charge in [-0.15, -0.1) is 11.3 Å². The van der Waals surface area contributed by atoms with Gasteiger partial charge in [0.1, 0.15) is 0 Å². The molecule has 2 unspecified atom stereocenters. The van der Waals surface area contributed by atoms with Gasteiger partial charge in [0.2, 0.25) is 5.91 Å². The van der Waals surface area contributed by atoms with Crippen LogP contribution in [0.1, 0.15) is 60.0 Å². The van der Waals surface area contributed by atoms with Gasteiger partial charge in [0, 0.05) is 21.5 Å². The Morgan fingerprint density at radius 1 is 1.35 bits per heavy atom. The van der Waals surface area contributed by atoms with Crippen molar-refractivity contribution in [2.45, 2.75) is 51.5 Å². The summed E-state index contributed by atoms with van der Waals surface area (Å²) in [6.07, 6.45) is 3.55. The smallest absolute Gasteiger partial charge is 0.257 e. The van der Waals surface area contributed by atoms with E-state index in [1.54, 1.807) is 24.3 Å². The predicted octanol–water partition coefficient (Wildman–Crippen LogP) is 4.38. The number of halogens is 1. The molecule has 0 saturated heterocycles. The third-order valence-corrected chi connectivity index (χ3v) is 5.90. The number of nitrogens with one attached hydrogen (secondary N) is 2. The molecule has 138 valence electrons. The van der Waals surface area contributed by atoms with Crippen LogP contribution in [0, 0.1) is 0 Å². The first-order valence-corrected chi connectivity index (χ1v) is 10.0. The van der Waals surface area contributed by atoms with E-state index in [2.05, 4.69) is 15.6 Å². The summed E-state index contributed by atoms with van der Waals surface area (Å²) in [5.74, 6) is -0.431. The van der Waals surface area contributed by atoms with Crippen LogP contribution in [-0.4, -0.2) is 22.8 Å². The van der Waals surface area contributed by atoms with E-state index < -0.39 is 0 Å². The molecular weight excluding hydrogens is 370 g/mol. The molecular formula is C19H22ClN3O2S. The number of nitrogens with zero attached hydrogens (tertiary/aromatic N) is 1. The Labute approximate surface area is 162 Å². The normalized spacial score (nSPS) is 17.3. The van der Waals surface area contributed by atoms with E-state index >= 15 is 0 Å². The van der Waals surface area contributed by atoms with Crippen LogP contribution in [0.25, 0.3) is 0 Å². The fraction of sp³-hybridized carbons (Fsp3) is 0.421. The molecule has 0 saturated carbocycles. The van der Waals surface area contributed by atoms with E-state index in [0.717, 1.165) is 36.3 Å². The van der Waals surface area contributed by atoms with E-state index in [-0.39, 0.29) is 23.8 Å². The molecule has 1 heterocycles. The van der Waals surface area contributed by atoms with Gasteiger partial charge in [0.05, 0.1) is 11.6 Å². The molecule has 1 aromatic heterocycles. The summed E-state index contributed by atoms with van der Waals surface area (Å²) >= 11 is 7.32. The Morgan fingerprint density at radius 2 is 2.08 bits per heavy atom. The predicted molar refractivity (Wildman–Crippen MR) is 105 cm³/mol. The Morgan fingerprint density at radius 3 is 2.77 bits per heavy atom. The number of rotatable bonds is 5. The Bertz CT molecular complexity index is 804. The van der Waals surface area contributed by atoms with Crippen molar-refractivity contribution in [1.29, 1.82) is 0 Å². The quantitative estimate of drug-likeness (QED) is 0.794. The highest BCUT2D eigenvalue weighted by molar-refractivity contribution is 7.16. The number of anilines is 1. The van der Waals surface area contributed by atoms with E-state index in [4.69, 9.17) is 11.6 Å². The second-order valence-corrected chi connectivity index (χ2v) is 8.07. The Balaban J connectivity index is 1.75. The molecule has 0 aliphatic heterocycles. The Hall–Kier alpha value is -1.92. The molecule has 0 bridgehead atoms. The average Bonchev–Trinajstić information content (AvgIpc) is 3.04. The molecule has 0 radical (unpaired) electrons. The standard InChI is InChI=1S/C19H22ClN3O2S/c1-3-11(2)21-18(25)14-5-4-6-15-16(14)22-19(26-15)23-17(24)12-7-9-13(20)10-8-12/h7-11,14H,3-6H2,1-2H3,(H,21,25)(H,22,23,24). The van der Waals surface area contributed by atoms with Gasteiger partial charge in [-0.25, -0.2) is 4.98 Å². The van der Waals surface area contributed by atoms with Gasteiger partial charge in [-0.3, -0.25) is 14.9 Å². The van der Waals surface area contributed by atoms with Crippen LogP contribution in [0.5, 0.6) is 0 Å². The summed E-state index contributed by atoms with van der Waals surface area (Å²) < 4.78 is 0. The fourth-order valence-corrected chi connectivity index (χ4v) is 4.13. The SMILES string of the molecule is CCC(C)NC(=O)C1CCCc2sc(NC(=O)c3ccc(Cl)cc3)nc21. The van der Waals surface area contributed by atoms with E-state index in [1.807, 2.05) is 13.8 Å². The number of hydrogen-bond acceptors (Lipinski definition) is 4. The molecule has 5 nitrogen and oxygen atoms in total. The van der Waals surface area contributed by atoms with Crippen LogP contribution >= 0.6 is 22.9 Å². The van der Waals surface area contributed by atoms with Crippen molar-refractivity contribution in [3.63, 3.8) is 0 Å². The average molecular weight is 392 g/mol. The number of carbonyl (C=O) groups is 2. The fourth-order valence-electron chi connectivity index (χ4n) is 2.94. The summed E-state index contributed by atoms with van der Waals surface area (Å²) in [6.45, 7) is 4.05. The van der Waals surface area contributed by atoms with E-state index in [0.29, 0.717) is 15.7 Å². The lowest BCUT2D eigenvalue weighted by Gasteiger charge is -2.22. The highest BCUT2D eigenvalue weighted by Gasteiger charge is 2.31. The van der Waals surface area contributed by atoms with Gasteiger partial charge in [0.15, 0.2) is 5.13 Å². The van der Waals surface area contributed by atoms with Gasteiger partial charge in [-0.2, -0.15) is 0 Å². The van der Waals surface area contributed by atoms with Crippen molar-refractivity contribution >= 4 is 39.9 Å². The van der Waals surface area contributed by atoms with Crippen molar-refractivity contribution < 1.29 is 9.59 Å². The van der Waals surface area contributed by atoms with Crippen molar-refractivity contribution in [3.8, 4) is 0 Å². The number of hydrogen-bond donors (Lipinski definition) is 2. The molecule has 0 fully saturated rings. The number of fused-ring (bicyclic) bond motifs is 1. The van der Waals surface area contributed by atoms with Crippen molar-refractivity contribution in [2.24, 2.45) is 0 Å². The van der Waals surface area contributed by atoms with Crippen LogP contribution < -0.4 is 10.6 Å². The molecule has 2 atom stereocenters. The molecule has 3 rings (SSSR count). The third kappa shape index (κ3) is 4.24. The van der Waals surface area contributed by atoms with Gasteiger partial charge < -0.3 is 5.32 Å². The first-order chi connectivity index (χ1) is 12.5. The van der Waals surface area contributed by atoms with Crippen LogP contribution in [0.4, 0.5) is 5.13 Å². The summed E-state index contributed by atoms with van der Waals surface area (Å²) in [7, 11) is 0. The maximum Gasteiger partial charge on any atom is 0.257 e. The first kappa shape index (κ1) is 18.9. The minimum atomic E-state index is -0.231. The van der Waals surface area contributed by atoms with Gasteiger partial charge in [-0.05, 0) is 56.9 Å². The third-order valence-electron chi connectivity index (χ3n) is 4.60. The van der Waals surface area contributed by atoms with E-state index in [1.165, 1.54) is 11.3 Å². The molecule has 2 aromatic rings. The van der Waals surface area contributed by atoms with Crippen LogP contribution in [-0.2, 0) is 11.2 Å². The number of amides is 2. The lowest BCUT2D eigenvalue weighted by Crippen LogP contribution is -2.37. The lowest BCUT2D eigenvalue weighted by atomic mass is 9.90. The topological polar surface area (TPSA) is 71.1 Å². The van der Waals surface area contributed by atoms with Crippen molar-refractivity contribution in [2.75, 3.05) is 5.32 Å². The van der Waals surface area contributed by atoms with E-state index in [9.17, 15) is 9.59 Å². The summed E-state index contributed by atoms with van der Waals surface area (Å²) in [5.41, 5.74) is 1.34. The first-order valence-electron chi connectivity index (χ1n) is 8.84. The van der Waals surface area contributed by atoms with Crippen LogP contribution in [0.2, 0.25) is 5.02 Å². The molecule has 1 aliphatic rings. The molecule has 26 heavy (non-hydrogen) atoms. The summed E-state index contributed by atoms with van der Waals surface area (Å²) in [5, 5.41) is 7.01. The summed E-state index contributed by atoms with van der Waals surface area (Å²) in [6, 6.07) is 6.86. The zero-order valence-electron chi connectivity index (χ0n) is 14.8. The maximum absolute atomic E-state index is 12.6. The van der Waals surface area contributed by atoms with Crippen LogP contribution in [0.3, 0.4) is 0 Å². The molecule has 2 amide bonds. The Kier molecular flexibility index (Phi) is 5.94. The van der Waals surface area contributed by atoms with Gasteiger partial charge >= 0.3 is 0 Å². The molecule has 1 aromatic carbocycles. The molecule has 2 N–H and O–H groups in total. The van der Waals surface area contributed by atoms with Gasteiger partial charge in [-0.1, -0.05) is 18.5 Å². The highest BCUT2D eigenvalue weighted by Crippen LogP contribution is 2.37. The van der Waals surface area contributed by atoms with Gasteiger partial charge in [0.25, 0.3) is 5.91 Å². The van der Waals surface area contributed by atoms with Crippen molar-refractivity contribution in [1.82, 2.24) is 10.3 Å². The maximum atomic E-state index is 12.6. The largest absolute Gasteiger partial charge is 0.353 e. The lowest BCUT2D eigenvalue weighted by molar-refractivity contribution is -0.123. The highest BCUT2D eigenvalue weighted by atomic mass is 35.5. The number of carbonyl (C=O) groups excluding carboxylic acids is 2. The number of benzene rings is 1.